The molecule has 0 spiro atoms. The Morgan fingerprint density at radius 1 is 1.83 bits per heavy atom. The molecule has 2 atom stereocenters. The summed E-state index contributed by atoms with van der Waals surface area (Å²) in [6.07, 6.45) is 1.95. The van der Waals surface area contributed by atoms with E-state index >= 15 is 0 Å². The third kappa shape index (κ3) is 4.39. The number of hydrogen-bond acceptors (Lipinski definition) is 1. The van der Waals surface area contributed by atoms with E-state index in [1.54, 1.807) is 0 Å². The van der Waals surface area contributed by atoms with Crippen LogP contribution in [0.1, 0.15) is 19.8 Å². The first kappa shape index (κ1) is 6.39. The molecule has 1 N–H and O–H groups in total. The zero-order valence-electron chi connectivity index (χ0n) is 4.02. The Hall–Kier alpha value is 0.390. The Kier molecular flexibility index (Phi) is 3.81. The van der Waals surface area contributed by atoms with Crippen LogP contribution >= 0.6 is 9.24 Å². The van der Waals surface area contributed by atoms with Crippen molar-refractivity contribution in [3.05, 3.63) is 0 Å². The fourth-order valence-corrected chi connectivity index (χ4v) is 0.629. The van der Waals surface area contributed by atoms with E-state index in [0.717, 1.165) is 12.8 Å². The molecule has 2 unspecified atom stereocenters. The van der Waals surface area contributed by atoms with Crippen molar-refractivity contribution < 1.29 is 5.11 Å². The molecule has 0 fully saturated rings. The molecule has 1 nitrogen and oxygen atoms in total. The zero-order chi connectivity index (χ0) is 4.99. The van der Waals surface area contributed by atoms with Gasteiger partial charge in [-0.1, -0.05) is 13.3 Å². The van der Waals surface area contributed by atoms with Gasteiger partial charge in [0.05, 0.1) is 5.85 Å². The average molecular weight is 106 g/mol. The van der Waals surface area contributed by atoms with Gasteiger partial charge in [-0.15, -0.1) is 9.24 Å². The highest BCUT2D eigenvalue weighted by Gasteiger charge is 1.87. The molecule has 0 radical (unpaired) electrons. The maximum Gasteiger partial charge on any atom is 0.0673 e. The predicted molar refractivity (Wildman–Crippen MR) is 30.6 cm³/mol. The second-order valence-corrected chi connectivity index (χ2v) is 2.13. The molecule has 0 aromatic carbocycles. The highest BCUT2D eigenvalue weighted by atomic mass is 31.0. The maximum atomic E-state index is 8.52. The summed E-state index contributed by atoms with van der Waals surface area (Å²) in [5.41, 5.74) is 0. The molecule has 0 rings (SSSR count). The van der Waals surface area contributed by atoms with Crippen LogP contribution in [-0.4, -0.2) is 11.0 Å². The van der Waals surface area contributed by atoms with E-state index in [4.69, 9.17) is 5.11 Å². The van der Waals surface area contributed by atoms with E-state index in [1.165, 1.54) is 0 Å². The topological polar surface area (TPSA) is 20.2 Å². The van der Waals surface area contributed by atoms with Gasteiger partial charge in [-0.3, -0.25) is 0 Å². The molecule has 6 heavy (non-hydrogen) atoms. The molecular weight excluding hydrogens is 95.0 g/mol. The van der Waals surface area contributed by atoms with Crippen molar-refractivity contribution in [3.8, 4) is 0 Å². The largest absolute Gasteiger partial charge is 0.389 e. The Balaban J connectivity index is 2.63. The van der Waals surface area contributed by atoms with Gasteiger partial charge in [0.15, 0.2) is 0 Å². The highest BCUT2D eigenvalue weighted by molar-refractivity contribution is 7.17. The third-order valence-corrected chi connectivity index (χ3v) is 0.918. The van der Waals surface area contributed by atoms with Gasteiger partial charge in [0.2, 0.25) is 0 Å². The summed E-state index contributed by atoms with van der Waals surface area (Å²) in [6.45, 7) is 2.05. The van der Waals surface area contributed by atoms with Crippen LogP contribution in [0.4, 0.5) is 0 Å². The van der Waals surface area contributed by atoms with Crippen LogP contribution in [0.15, 0.2) is 0 Å². The lowest BCUT2D eigenvalue weighted by atomic mass is 10.4. The summed E-state index contributed by atoms with van der Waals surface area (Å²) >= 11 is 0. The Morgan fingerprint density at radius 2 is 2.33 bits per heavy atom. The molecule has 0 aliphatic carbocycles. The van der Waals surface area contributed by atoms with Crippen LogP contribution in [0.3, 0.4) is 0 Å². The summed E-state index contributed by atoms with van der Waals surface area (Å²) < 4.78 is 0. The van der Waals surface area contributed by atoms with Crippen molar-refractivity contribution in [1.29, 1.82) is 0 Å². The van der Waals surface area contributed by atoms with Crippen molar-refractivity contribution >= 4 is 9.24 Å². The van der Waals surface area contributed by atoms with E-state index in [9.17, 15) is 0 Å². The van der Waals surface area contributed by atoms with Crippen LogP contribution in [0.2, 0.25) is 0 Å². The van der Waals surface area contributed by atoms with Gasteiger partial charge in [-0.25, -0.2) is 0 Å². The van der Waals surface area contributed by atoms with Crippen LogP contribution in [0, 0.1) is 0 Å². The normalized spacial score (nSPS) is 14.5. The van der Waals surface area contributed by atoms with Crippen molar-refractivity contribution in [1.82, 2.24) is 0 Å². The Bertz CT molecular complexity index is 28.7. The SMILES string of the molecule is CCCC(O)P. The number of rotatable bonds is 2. The van der Waals surface area contributed by atoms with E-state index in [-0.39, 0.29) is 5.85 Å². The standard InChI is InChI=1S/C4H11OP/c1-2-3-4(5)6/h4-5H,2-3,6H2,1H3. The molecule has 0 aliphatic heterocycles. The predicted octanol–water partition coefficient (Wildman–Crippen LogP) is 0.980. The van der Waals surface area contributed by atoms with Gasteiger partial charge in [0.25, 0.3) is 0 Å². The van der Waals surface area contributed by atoms with E-state index in [2.05, 4.69) is 9.24 Å². The minimum absolute atomic E-state index is 0.185. The summed E-state index contributed by atoms with van der Waals surface area (Å²) in [6, 6.07) is 0. The van der Waals surface area contributed by atoms with Crippen molar-refractivity contribution in [3.63, 3.8) is 0 Å². The summed E-state index contributed by atoms with van der Waals surface area (Å²) in [5.74, 6) is -0.185. The first-order valence-electron chi connectivity index (χ1n) is 2.21. The fraction of sp³-hybridized carbons (Fsp3) is 1.00. The highest BCUT2D eigenvalue weighted by Crippen LogP contribution is 2.01. The van der Waals surface area contributed by atoms with Crippen LogP contribution < -0.4 is 0 Å². The molecule has 0 aliphatic rings. The number of aliphatic hydroxyl groups excluding tert-OH is 1. The maximum absolute atomic E-state index is 8.52. The second kappa shape index (κ2) is 3.58. The molecule has 0 aromatic heterocycles. The summed E-state index contributed by atoms with van der Waals surface area (Å²) in [4.78, 5) is 0. The molecule has 0 amide bonds. The lowest BCUT2D eigenvalue weighted by Crippen LogP contribution is -1.90. The van der Waals surface area contributed by atoms with Gasteiger partial charge in [-0.2, -0.15) is 0 Å². The van der Waals surface area contributed by atoms with Gasteiger partial charge in [0, 0.05) is 0 Å². The van der Waals surface area contributed by atoms with Gasteiger partial charge >= 0.3 is 0 Å². The molecule has 38 valence electrons. The minimum Gasteiger partial charge on any atom is -0.389 e. The third-order valence-electron chi connectivity index (χ3n) is 0.584. The lowest BCUT2D eigenvalue weighted by molar-refractivity contribution is 0.251. The molecule has 0 bridgehead atoms. The van der Waals surface area contributed by atoms with Gasteiger partial charge in [0.1, 0.15) is 0 Å². The molecular formula is C4H11OP. The van der Waals surface area contributed by atoms with E-state index in [0.29, 0.717) is 0 Å². The van der Waals surface area contributed by atoms with Gasteiger partial charge in [-0.05, 0) is 6.42 Å². The van der Waals surface area contributed by atoms with Crippen LogP contribution in [0.25, 0.3) is 0 Å². The molecule has 0 saturated carbocycles. The van der Waals surface area contributed by atoms with Crippen molar-refractivity contribution in [2.24, 2.45) is 0 Å². The Labute approximate surface area is 41.0 Å². The monoisotopic (exact) mass is 106 g/mol. The smallest absolute Gasteiger partial charge is 0.0673 e. The lowest BCUT2D eigenvalue weighted by Gasteiger charge is -1.95. The fourth-order valence-electron chi connectivity index (χ4n) is 0.296. The van der Waals surface area contributed by atoms with E-state index < -0.39 is 0 Å². The van der Waals surface area contributed by atoms with Crippen LogP contribution in [0.5, 0.6) is 0 Å². The first-order chi connectivity index (χ1) is 2.77. The first-order valence-corrected chi connectivity index (χ1v) is 2.87. The van der Waals surface area contributed by atoms with E-state index in [1.807, 2.05) is 6.92 Å². The molecule has 0 heterocycles. The summed E-state index contributed by atoms with van der Waals surface area (Å²) in [7, 11) is 2.33. The summed E-state index contributed by atoms with van der Waals surface area (Å²) in [5, 5.41) is 8.52. The minimum atomic E-state index is -0.185. The molecule has 0 saturated heterocycles. The van der Waals surface area contributed by atoms with Gasteiger partial charge < -0.3 is 5.11 Å². The molecule has 2 heteroatoms. The Morgan fingerprint density at radius 3 is 2.33 bits per heavy atom. The zero-order valence-corrected chi connectivity index (χ0v) is 5.17. The molecule has 0 aromatic rings. The number of hydrogen-bond donors (Lipinski definition) is 1. The van der Waals surface area contributed by atoms with Crippen molar-refractivity contribution in [2.45, 2.75) is 25.6 Å². The average Bonchev–Trinajstić information content (AvgIpc) is 1.35. The second-order valence-electron chi connectivity index (χ2n) is 1.36. The van der Waals surface area contributed by atoms with Crippen LogP contribution in [-0.2, 0) is 0 Å². The van der Waals surface area contributed by atoms with Crippen molar-refractivity contribution in [2.75, 3.05) is 0 Å². The quantitative estimate of drug-likeness (QED) is 0.520. The number of aliphatic hydroxyl groups is 1.